The number of hydrogen-bond donors (Lipinski definition) is 2. The lowest BCUT2D eigenvalue weighted by atomic mass is 9.98. The van der Waals surface area contributed by atoms with Gasteiger partial charge >= 0.3 is 12.1 Å². The summed E-state index contributed by atoms with van der Waals surface area (Å²) in [5.41, 5.74) is 0.954. The lowest BCUT2D eigenvalue weighted by molar-refractivity contribution is -0.167. The fourth-order valence-electron chi connectivity index (χ4n) is 2.36. The lowest BCUT2D eigenvalue weighted by Gasteiger charge is -2.13. The van der Waals surface area contributed by atoms with Gasteiger partial charge in [0.2, 0.25) is 10.0 Å². The Morgan fingerprint density at radius 2 is 1.63 bits per heavy atom. The third-order valence-electron chi connectivity index (χ3n) is 3.92. The maximum Gasteiger partial charge on any atom is 0.471 e. The molecule has 5 nitrogen and oxygen atoms in total. The molecule has 0 bridgehead atoms. The predicted octanol–water partition coefficient (Wildman–Crippen LogP) is 3.66. The van der Waals surface area contributed by atoms with E-state index in [4.69, 9.17) is 0 Å². The molecule has 0 saturated carbocycles. The SMILES string of the molecule is CC(CCNS(=O)(=O)c1ccc(NC(=O)C(F)(F)F)cc1)c1ccccc1. The van der Waals surface area contributed by atoms with Crippen molar-refractivity contribution in [2.24, 2.45) is 0 Å². The van der Waals surface area contributed by atoms with Crippen molar-refractivity contribution in [2.75, 3.05) is 11.9 Å². The van der Waals surface area contributed by atoms with E-state index in [9.17, 15) is 26.4 Å². The van der Waals surface area contributed by atoms with Crippen molar-refractivity contribution in [3.05, 3.63) is 60.2 Å². The molecule has 2 rings (SSSR count). The Kier molecular flexibility index (Phi) is 6.61. The Bertz CT molecular complexity index is 867. The molecule has 0 heterocycles. The second-order valence-corrected chi connectivity index (χ2v) is 7.74. The number of amides is 1. The van der Waals surface area contributed by atoms with Gasteiger partial charge in [-0.3, -0.25) is 4.79 Å². The molecular weight excluding hydrogens is 381 g/mol. The molecule has 9 heteroatoms. The number of hydrogen-bond acceptors (Lipinski definition) is 3. The number of halogens is 3. The number of sulfonamides is 1. The Morgan fingerprint density at radius 1 is 1.04 bits per heavy atom. The lowest BCUT2D eigenvalue weighted by Crippen LogP contribution is -2.30. The van der Waals surface area contributed by atoms with Crippen molar-refractivity contribution >= 4 is 21.6 Å². The number of anilines is 1. The molecule has 0 aromatic heterocycles. The van der Waals surface area contributed by atoms with Gasteiger partial charge in [-0.25, -0.2) is 13.1 Å². The Labute approximate surface area is 155 Å². The normalized spacial score (nSPS) is 13.2. The van der Waals surface area contributed by atoms with E-state index in [0.717, 1.165) is 29.8 Å². The Morgan fingerprint density at radius 3 is 2.19 bits per heavy atom. The first-order valence-corrected chi connectivity index (χ1v) is 9.61. The third-order valence-corrected chi connectivity index (χ3v) is 5.39. The first kappa shape index (κ1) is 20.9. The molecule has 0 fully saturated rings. The highest BCUT2D eigenvalue weighted by atomic mass is 32.2. The molecule has 0 radical (unpaired) electrons. The van der Waals surface area contributed by atoms with Crippen LogP contribution in [-0.2, 0) is 14.8 Å². The average molecular weight is 400 g/mol. The molecule has 2 aromatic rings. The van der Waals surface area contributed by atoms with Crippen LogP contribution in [-0.4, -0.2) is 27.0 Å². The van der Waals surface area contributed by atoms with E-state index in [1.54, 1.807) is 5.32 Å². The van der Waals surface area contributed by atoms with Crippen LogP contribution in [0.3, 0.4) is 0 Å². The van der Waals surface area contributed by atoms with Crippen LogP contribution in [0.2, 0.25) is 0 Å². The van der Waals surface area contributed by atoms with Gasteiger partial charge in [0, 0.05) is 12.2 Å². The minimum Gasteiger partial charge on any atom is -0.318 e. The van der Waals surface area contributed by atoms with Gasteiger partial charge in [0.25, 0.3) is 0 Å². The van der Waals surface area contributed by atoms with E-state index >= 15 is 0 Å². The van der Waals surface area contributed by atoms with Gasteiger partial charge in [-0.2, -0.15) is 13.2 Å². The molecule has 2 N–H and O–H groups in total. The monoisotopic (exact) mass is 400 g/mol. The second kappa shape index (κ2) is 8.53. The standard InChI is InChI=1S/C18H19F3N2O3S/c1-13(14-5-3-2-4-6-14)11-12-22-27(25,26)16-9-7-15(8-10-16)23-17(24)18(19,20)21/h2-10,13,22H,11-12H2,1H3,(H,23,24). The Hall–Kier alpha value is -2.39. The molecule has 0 aliphatic heterocycles. The molecule has 1 atom stereocenters. The van der Waals surface area contributed by atoms with Crippen molar-refractivity contribution in [2.45, 2.75) is 30.3 Å². The van der Waals surface area contributed by atoms with Crippen LogP contribution in [0.15, 0.2) is 59.5 Å². The molecule has 1 unspecified atom stereocenters. The molecule has 0 aliphatic rings. The zero-order valence-corrected chi connectivity index (χ0v) is 15.3. The summed E-state index contributed by atoms with van der Waals surface area (Å²) in [5, 5.41) is 1.66. The van der Waals surface area contributed by atoms with Crippen LogP contribution >= 0.6 is 0 Å². The zero-order valence-electron chi connectivity index (χ0n) is 14.5. The maximum atomic E-state index is 12.3. The minimum absolute atomic E-state index is 0.0973. The summed E-state index contributed by atoms with van der Waals surface area (Å²) in [5.74, 6) is -1.96. The fraction of sp³-hybridized carbons (Fsp3) is 0.278. The van der Waals surface area contributed by atoms with Crippen molar-refractivity contribution < 1.29 is 26.4 Å². The molecule has 146 valence electrons. The molecule has 2 aromatic carbocycles. The number of alkyl halides is 3. The summed E-state index contributed by atoms with van der Waals surface area (Å²) in [6.45, 7) is 2.20. The molecule has 0 saturated heterocycles. The summed E-state index contributed by atoms with van der Waals surface area (Å²) in [7, 11) is -3.80. The van der Waals surface area contributed by atoms with Crippen molar-refractivity contribution in [1.82, 2.24) is 4.72 Å². The molecular formula is C18H19F3N2O3S. The number of carbonyl (C=O) groups excluding carboxylic acids is 1. The van der Waals surface area contributed by atoms with E-state index < -0.39 is 22.1 Å². The molecule has 0 spiro atoms. The maximum absolute atomic E-state index is 12.3. The summed E-state index contributed by atoms with van der Waals surface area (Å²) in [6, 6.07) is 14.1. The number of rotatable bonds is 7. The minimum atomic E-state index is -5.01. The fourth-order valence-corrected chi connectivity index (χ4v) is 3.41. The first-order valence-electron chi connectivity index (χ1n) is 8.12. The van der Waals surface area contributed by atoms with E-state index in [1.807, 2.05) is 37.3 Å². The van der Waals surface area contributed by atoms with Gasteiger partial charge in [-0.05, 0) is 42.2 Å². The van der Waals surface area contributed by atoms with Gasteiger partial charge in [0.1, 0.15) is 0 Å². The van der Waals surface area contributed by atoms with Crippen LogP contribution < -0.4 is 10.0 Å². The molecule has 0 aliphatic carbocycles. The molecule has 1 amide bonds. The van der Waals surface area contributed by atoms with E-state index in [1.165, 1.54) is 0 Å². The average Bonchev–Trinajstić information content (AvgIpc) is 2.62. The van der Waals surface area contributed by atoms with E-state index in [2.05, 4.69) is 4.72 Å². The van der Waals surface area contributed by atoms with Crippen molar-refractivity contribution in [1.29, 1.82) is 0 Å². The van der Waals surface area contributed by atoms with Crippen LogP contribution in [0.5, 0.6) is 0 Å². The number of benzene rings is 2. The van der Waals surface area contributed by atoms with Gasteiger partial charge in [0.05, 0.1) is 4.90 Å². The zero-order chi connectivity index (χ0) is 20.1. The van der Waals surface area contributed by atoms with E-state index in [-0.39, 0.29) is 23.0 Å². The van der Waals surface area contributed by atoms with Crippen LogP contribution in [0.4, 0.5) is 18.9 Å². The van der Waals surface area contributed by atoms with Gasteiger partial charge in [0.15, 0.2) is 0 Å². The highest BCUT2D eigenvalue weighted by Crippen LogP contribution is 2.20. The van der Waals surface area contributed by atoms with Crippen LogP contribution in [0.25, 0.3) is 0 Å². The summed E-state index contributed by atoms with van der Waals surface area (Å²) >= 11 is 0. The number of nitrogens with one attached hydrogen (secondary N) is 2. The van der Waals surface area contributed by atoms with Crippen molar-refractivity contribution in [3.8, 4) is 0 Å². The first-order chi connectivity index (χ1) is 12.6. The van der Waals surface area contributed by atoms with Crippen LogP contribution in [0.1, 0.15) is 24.8 Å². The Balaban J connectivity index is 1.93. The third kappa shape index (κ3) is 6.07. The second-order valence-electron chi connectivity index (χ2n) is 5.97. The van der Waals surface area contributed by atoms with Gasteiger partial charge in [-0.1, -0.05) is 37.3 Å². The smallest absolute Gasteiger partial charge is 0.318 e. The summed E-state index contributed by atoms with van der Waals surface area (Å²) in [6.07, 6.45) is -4.43. The quantitative estimate of drug-likeness (QED) is 0.745. The topological polar surface area (TPSA) is 75.3 Å². The van der Waals surface area contributed by atoms with Gasteiger partial charge in [-0.15, -0.1) is 0 Å². The van der Waals surface area contributed by atoms with Crippen LogP contribution in [0, 0.1) is 0 Å². The largest absolute Gasteiger partial charge is 0.471 e. The molecule has 27 heavy (non-hydrogen) atoms. The summed E-state index contributed by atoms with van der Waals surface area (Å²) < 4.78 is 63.6. The number of carbonyl (C=O) groups is 1. The highest BCUT2D eigenvalue weighted by molar-refractivity contribution is 7.89. The summed E-state index contributed by atoms with van der Waals surface area (Å²) in [4.78, 5) is 10.8. The highest BCUT2D eigenvalue weighted by Gasteiger charge is 2.38. The predicted molar refractivity (Wildman–Crippen MR) is 95.8 cm³/mol. The van der Waals surface area contributed by atoms with Gasteiger partial charge < -0.3 is 5.32 Å². The van der Waals surface area contributed by atoms with E-state index in [0.29, 0.717) is 6.42 Å². The van der Waals surface area contributed by atoms with Crippen molar-refractivity contribution in [3.63, 3.8) is 0 Å².